The third-order valence-electron chi connectivity index (χ3n) is 4.78. The molecule has 1 saturated carbocycles. The van der Waals surface area contributed by atoms with E-state index in [1.165, 1.54) is 44.5 Å². The number of imidazole rings is 1. The van der Waals surface area contributed by atoms with Gasteiger partial charge in [-0.25, -0.2) is 4.98 Å². The van der Waals surface area contributed by atoms with Crippen LogP contribution in [0.15, 0.2) is 23.3 Å². The number of aromatic amines is 2. The summed E-state index contributed by atoms with van der Waals surface area (Å²) in [6.45, 7) is 0. The summed E-state index contributed by atoms with van der Waals surface area (Å²) in [6.07, 6.45) is 11.5. The van der Waals surface area contributed by atoms with E-state index in [0.717, 1.165) is 24.6 Å². The third kappa shape index (κ3) is 3.88. The van der Waals surface area contributed by atoms with E-state index >= 15 is 0 Å². The molecule has 1 fully saturated rings. The van der Waals surface area contributed by atoms with E-state index < -0.39 is 0 Å². The third-order valence-corrected chi connectivity index (χ3v) is 4.99. The van der Waals surface area contributed by atoms with Gasteiger partial charge in [0.05, 0.1) is 11.2 Å². The Balaban J connectivity index is 1.48. The van der Waals surface area contributed by atoms with Crippen LogP contribution in [-0.4, -0.2) is 24.9 Å². The monoisotopic (exact) mass is 373 g/mol. The van der Waals surface area contributed by atoms with Crippen LogP contribution in [0.25, 0.3) is 11.2 Å². The second-order valence-electron chi connectivity index (χ2n) is 6.74. The molecular weight excluding hydrogens is 354 g/mol. The van der Waals surface area contributed by atoms with Crippen LogP contribution in [0.3, 0.4) is 0 Å². The van der Waals surface area contributed by atoms with Crippen molar-refractivity contribution in [2.75, 3.05) is 0 Å². The maximum absolute atomic E-state index is 12.3. The van der Waals surface area contributed by atoms with Gasteiger partial charge in [-0.15, -0.1) is 0 Å². The zero-order chi connectivity index (χ0) is 17.9. The van der Waals surface area contributed by atoms with Crippen molar-refractivity contribution in [3.8, 4) is 11.8 Å². The highest BCUT2D eigenvalue weighted by Gasteiger charge is 2.15. The van der Waals surface area contributed by atoms with E-state index in [1.54, 1.807) is 6.07 Å². The first-order chi connectivity index (χ1) is 12.7. The summed E-state index contributed by atoms with van der Waals surface area (Å²) in [5.74, 6) is 2.04. The number of nitrogens with one attached hydrogen (secondary N) is 2. The molecule has 1 aliphatic carbocycles. The zero-order valence-corrected chi connectivity index (χ0v) is 15.1. The van der Waals surface area contributed by atoms with Gasteiger partial charge in [0, 0.05) is 18.7 Å². The van der Waals surface area contributed by atoms with Crippen molar-refractivity contribution in [2.45, 2.75) is 44.9 Å². The zero-order valence-electron chi connectivity index (χ0n) is 14.3. The number of rotatable bonds is 6. The summed E-state index contributed by atoms with van der Waals surface area (Å²) in [5, 5.41) is 0.440. The molecule has 136 valence electrons. The molecule has 0 radical (unpaired) electrons. The maximum Gasteiger partial charge on any atom is 0.304 e. The maximum atomic E-state index is 12.3. The molecule has 4 rings (SSSR count). The lowest BCUT2D eigenvalue weighted by Crippen LogP contribution is -2.09. The van der Waals surface area contributed by atoms with Crippen LogP contribution in [0, 0.1) is 5.92 Å². The minimum absolute atomic E-state index is 0.0653. The molecule has 3 aromatic heterocycles. The summed E-state index contributed by atoms with van der Waals surface area (Å²) < 4.78 is 5.54. The first kappa shape index (κ1) is 17.0. The molecule has 0 amide bonds. The molecule has 7 nitrogen and oxygen atoms in total. The lowest BCUT2D eigenvalue weighted by Gasteiger charge is -2.06. The van der Waals surface area contributed by atoms with Gasteiger partial charge in [-0.3, -0.25) is 14.8 Å². The Bertz CT molecular complexity index is 962. The Morgan fingerprint density at radius 3 is 2.85 bits per heavy atom. The fraction of sp³-hybridized carbons (Fsp3) is 0.444. The molecule has 0 aromatic carbocycles. The number of pyridine rings is 1. The number of hydrogen-bond acceptors (Lipinski definition) is 5. The molecule has 0 unspecified atom stereocenters. The van der Waals surface area contributed by atoms with Crippen molar-refractivity contribution in [3.05, 3.63) is 39.7 Å². The van der Waals surface area contributed by atoms with E-state index in [9.17, 15) is 4.79 Å². The number of nitrogens with zero attached hydrogens (tertiary/aromatic N) is 3. The standard InChI is InChI=1S/C18H20ClN5O2/c19-12-8-13(10-20-9-12)26-18-23-16-15(17(25)24-18)21-14(22-16)7-3-6-11-4-1-2-5-11/h8-11H,1-7H2,(H2,21,22,23,24,25). The van der Waals surface area contributed by atoms with Crippen molar-refractivity contribution in [1.29, 1.82) is 0 Å². The van der Waals surface area contributed by atoms with Gasteiger partial charge in [0.1, 0.15) is 5.82 Å². The highest BCUT2D eigenvalue weighted by atomic mass is 35.5. The summed E-state index contributed by atoms with van der Waals surface area (Å²) in [7, 11) is 0. The summed E-state index contributed by atoms with van der Waals surface area (Å²) in [6, 6.07) is 1.66. The molecule has 0 atom stereocenters. The Morgan fingerprint density at radius 2 is 2.04 bits per heavy atom. The minimum atomic E-state index is -0.311. The Kier molecular flexibility index (Phi) is 4.88. The molecule has 8 heteroatoms. The van der Waals surface area contributed by atoms with Crippen molar-refractivity contribution in [3.63, 3.8) is 0 Å². The fourth-order valence-electron chi connectivity index (χ4n) is 3.52. The van der Waals surface area contributed by atoms with Gasteiger partial charge in [-0.05, 0) is 12.3 Å². The van der Waals surface area contributed by atoms with E-state index in [4.69, 9.17) is 16.3 Å². The molecule has 3 heterocycles. The SMILES string of the molecule is O=c1[nH]c(Oc2cncc(Cl)c2)nc2nc(CCCC3CCCC3)[nH]c12. The largest absolute Gasteiger partial charge is 0.424 e. The van der Waals surface area contributed by atoms with Crippen LogP contribution in [0.2, 0.25) is 5.02 Å². The predicted octanol–water partition coefficient (Wildman–Crippen LogP) is 4.00. The van der Waals surface area contributed by atoms with E-state index in [-0.39, 0.29) is 11.6 Å². The quantitative estimate of drug-likeness (QED) is 0.680. The number of H-pyrrole nitrogens is 2. The second-order valence-corrected chi connectivity index (χ2v) is 7.17. The van der Waals surface area contributed by atoms with Gasteiger partial charge in [-0.1, -0.05) is 43.7 Å². The molecule has 0 spiro atoms. The number of fused-ring (bicyclic) bond motifs is 1. The summed E-state index contributed by atoms with van der Waals surface area (Å²) in [5.41, 5.74) is 0.418. The van der Waals surface area contributed by atoms with E-state index in [0.29, 0.717) is 21.9 Å². The van der Waals surface area contributed by atoms with Gasteiger partial charge >= 0.3 is 6.01 Å². The Morgan fingerprint density at radius 1 is 1.19 bits per heavy atom. The molecule has 0 aliphatic heterocycles. The van der Waals surface area contributed by atoms with Crippen LogP contribution in [0.1, 0.15) is 44.3 Å². The first-order valence-electron chi connectivity index (χ1n) is 8.95. The van der Waals surface area contributed by atoms with Crippen LogP contribution >= 0.6 is 11.6 Å². The number of hydrogen-bond donors (Lipinski definition) is 2. The highest BCUT2D eigenvalue weighted by Crippen LogP contribution is 2.29. The lowest BCUT2D eigenvalue weighted by molar-refractivity contribution is 0.440. The molecule has 26 heavy (non-hydrogen) atoms. The fourth-order valence-corrected chi connectivity index (χ4v) is 3.68. The van der Waals surface area contributed by atoms with Crippen LogP contribution in [0.5, 0.6) is 11.8 Å². The predicted molar refractivity (Wildman–Crippen MR) is 98.7 cm³/mol. The second kappa shape index (κ2) is 7.45. The van der Waals surface area contributed by atoms with Crippen LogP contribution in [-0.2, 0) is 6.42 Å². The van der Waals surface area contributed by atoms with Gasteiger partial charge in [0.25, 0.3) is 5.56 Å². The van der Waals surface area contributed by atoms with Crippen LogP contribution in [0.4, 0.5) is 0 Å². The number of aromatic nitrogens is 5. The van der Waals surface area contributed by atoms with E-state index in [1.807, 2.05) is 0 Å². The Labute approximate surface area is 155 Å². The Hall–Kier alpha value is -2.41. The number of ether oxygens (including phenoxy) is 1. The number of aryl methyl sites for hydroxylation is 1. The highest BCUT2D eigenvalue weighted by molar-refractivity contribution is 6.30. The van der Waals surface area contributed by atoms with Gasteiger partial charge in [0.15, 0.2) is 16.9 Å². The van der Waals surface area contributed by atoms with Crippen molar-refractivity contribution >= 4 is 22.8 Å². The smallest absolute Gasteiger partial charge is 0.304 e. The van der Waals surface area contributed by atoms with E-state index in [2.05, 4.69) is 24.9 Å². The first-order valence-corrected chi connectivity index (χ1v) is 9.32. The topological polar surface area (TPSA) is 96.6 Å². The molecule has 0 saturated heterocycles. The average Bonchev–Trinajstić information content (AvgIpc) is 3.25. The van der Waals surface area contributed by atoms with Crippen molar-refractivity contribution < 1.29 is 4.74 Å². The van der Waals surface area contributed by atoms with Crippen LogP contribution < -0.4 is 10.3 Å². The molecule has 1 aliphatic rings. The molecule has 2 N–H and O–H groups in total. The van der Waals surface area contributed by atoms with Gasteiger partial charge in [-0.2, -0.15) is 4.98 Å². The summed E-state index contributed by atoms with van der Waals surface area (Å²) >= 11 is 5.88. The summed E-state index contributed by atoms with van der Waals surface area (Å²) in [4.78, 5) is 30.6. The minimum Gasteiger partial charge on any atom is -0.424 e. The molecular formula is C18H20ClN5O2. The molecule has 0 bridgehead atoms. The lowest BCUT2D eigenvalue weighted by atomic mass is 10.0. The van der Waals surface area contributed by atoms with Gasteiger partial charge < -0.3 is 9.72 Å². The average molecular weight is 374 g/mol. The van der Waals surface area contributed by atoms with Crippen molar-refractivity contribution in [1.82, 2.24) is 24.9 Å². The normalized spacial score (nSPS) is 15.0. The van der Waals surface area contributed by atoms with Gasteiger partial charge in [0.2, 0.25) is 0 Å². The van der Waals surface area contributed by atoms with Crippen molar-refractivity contribution in [2.24, 2.45) is 5.92 Å². The number of halogens is 1. The molecule has 3 aromatic rings.